The fourth-order valence-electron chi connectivity index (χ4n) is 3.29. The molecule has 2 aromatic rings. The van der Waals surface area contributed by atoms with Gasteiger partial charge in [-0.2, -0.15) is 0 Å². The molecule has 6 heteroatoms. The van der Waals surface area contributed by atoms with Crippen LogP contribution in [-0.4, -0.2) is 32.8 Å². The summed E-state index contributed by atoms with van der Waals surface area (Å²) in [4.78, 5) is 4.77. The molecule has 28 heavy (non-hydrogen) atoms. The topological polar surface area (TPSA) is 54.9 Å². The number of rotatable bonds is 6. The van der Waals surface area contributed by atoms with Crippen LogP contribution in [0.4, 0.5) is 0 Å². The third kappa shape index (κ3) is 5.77. The lowest BCUT2D eigenvalue weighted by molar-refractivity contribution is 0.261. The summed E-state index contributed by atoms with van der Waals surface area (Å²) in [6.45, 7) is 6.40. The van der Waals surface area contributed by atoms with Crippen molar-refractivity contribution in [1.29, 1.82) is 0 Å². The second-order valence-corrected chi connectivity index (χ2v) is 6.69. The van der Waals surface area contributed by atoms with Crippen LogP contribution in [0.1, 0.15) is 36.1 Å². The van der Waals surface area contributed by atoms with E-state index in [2.05, 4.69) is 54.8 Å². The van der Waals surface area contributed by atoms with Crippen molar-refractivity contribution in [2.24, 2.45) is 4.99 Å². The van der Waals surface area contributed by atoms with Gasteiger partial charge in [0.1, 0.15) is 11.5 Å². The lowest BCUT2D eigenvalue weighted by Crippen LogP contribution is -2.41. The van der Waals surface area contributed by atoms with Crippen LogP contribution in [0, 0.1) is 6.92 Å². The summed E-state index contributed by atoms with van der Waals surface area (Å²) < 4.78 is 11.2. The molecule has 1 heterocycles. The van der Waals surface area contributed by atoms with Crippen molar-refractivity contribution in [3.63, 3.8) is 0 Å². The second kappa shape index (κ2) is 11.1. The Labute approximate surface area is 184 Å². The van der Waals surface area contributed by atoms with Crippen molar-refractivity contribution in [1.82, 2.24) is 10.6 Å². The summed E-state index contributed by atoms with van der Waals surface area (Å²) in [6, 6.07) is 14.8. The van der Waals surface area contributed by atoms with Gasteiger partial charge in [-0.05, 0) is 43.5 Å². The lowest BCUT2D eigenvalue weighted by Gasteiger charge is -2.28. The SMILES string of the molecule is CCNC(=NCCc1ccc(C)c(OC)c1)NC1CCOc2ccccc21.I. The van der Waals surface area contributed by atoms with Crippen molar-refractivity contribution in [2.75, 3.05) is 26.8 Å². The number of methoxy groups -OCH3 is 1. The third-order valence-electron chi connectivity index (χ3n) is 4.76. The Balaban J connectivity index is 0.00000280. The number of guanidine groups is 1. The molecule has 152 valence electrons. The molecule has 1 unspecified atom stereocenters. The number of nitrogens with zero attached hydrogens (tertiary/aromatic N) is 1. The molecule has 2 aromatic carbocycles. The Kier molecular flexibility index (Phi) is 8.89. The normalized spacial score (nSPS) is 15.7. The molecule has 0 bridgehead atoms. The first-order chi connectivity index (χ1) is 13.2. The largest absolute Gasteiger partial charge is 0.496 e. The Bertz CT molecular complexity index is 795. The van der Waals surface area contributed by atoms with E-state index in [0.29, 0.717) is 6.54 Å². The van der Waals surface area contributed by atoms with Crippen molar-refractivity contribution in [2.45, 2.75) is 32.7 Å². The number of aliphatic imine (C=N–C) groups is 1. The van der Waals surface area contributed by atoms with Gasteiger partial charge in [-0.3, -0.25) is 4.99 Å². The fraction of sp³-hybridized carbons (Fsp3) is 0.409. The number of hydrogen-bond donors (Lipinski definition) is 2. The van der Waals surface area contributed by atoms with E-state index in [1.165, 1.54) is 11.1 Å². The van der Waals surface area contributed by atoms with Gasteiger partial charge in [0.2, 0.25) is 0 Å². The van der Waals surface area contributed by atoms with Gasteiger partial charge < -0.3 is 20.1 Å². The van der Waals surface area contributed by atoms with Crippen LogP contribution in [0.5, 0.6) is 11.5 Å². The zero-order valence-corrected chi connectivity index (χ0v) is 19.2. The smallest absolute Gasteiger partial charge is 0.191 e. The summed E-state index contributed by atoms with van der Waals surface area (Å²) in [5.41, 5.74) is 3.57. The van der Waals surface area contributed by atoms with Crippen LogP contribution in [-0.2, 0) is 6.42 Å². The predicted octanol–water partition coefficient (Wildman–Crippen LogP) is 4.24. The van der Waals surface area contributed by atoms with Crippen LogP contribution in [0.2, 0.25) is 0 Å². The van der Waals surface area contributed by atoms with Crippen LogP contribution in [0.3, 0.4) is 0 Å². The summed E-state index contributed by atoms with van der Waals surface area (Å²) in [5, 5.41) is 6.92. The minimum Gasteiger partial charge on any atom is -0.496 e. The minimum atomic E-state index is 0. The Hall–Kier alpha value is -1.96. The van der Waals surface area contributed by atoms with E-state index in [0.717, 1.165) is 49.0 Å². The molecule has 0 aliphatic carbocycles. The highest BCUT2D eigenvalue weighted by Gasteiger charge is 2.21. The van der Waals surface area contributed by atoms with Gasteiger partial charge in [0.25, 0.3) is 0 Å². The van der Waals surface area contributed by atoms with Crippen LogP contribution >= 0.6 is 24.0 Å². The van der Waals surface area contributed by atoms with E-state index >= 15 is 0 Å². The number of para-hydroxylation sites is 1. The molecule has 2 N–H and O–H groups in total. The maximum absolute atomic E-state index is 5.75. The van der Waals surface area contributed by atoms with Crippen molar-refractivity contribution in [3.8, 4) is 11.5 Å². The van der Waals surface area contributed by atoms with Gasteiger partial charge in [0.05, 0.1) is 19.8 Å². The van der Waals surface area contributed by atoms with E-state index in [1.807, 2.05) is 12.1 Å². The zero-order chi connectivity index (χ0) is 19.1. The van der Waals surface area contributed by atoms with Gasteiger partial charge in [-0.25, -0.2) is 0 Å². The zero-order valence-electron chi connectivity index (χ0n) is 16.8. The number of halogens is 1. The highest BCUT2D eigenvalue weighted by atomic mass is 127. The summed E-state index contributed by atoms with van der Waals surface area (Å²) in [5.74, 6) is 2.74. The van der Waals surface area contributed by atoms with Gasteiger partial charge in [-0.15, -0.1) is 24.0 Å². The average Bonchev–Trinajstić information content (AvgIpc) is 2.69. The van der Waals surface area contributed by atoms with Gasteiger partial charge in [0.15, 0.2) is 5.96 Å². The number of aryl methyl sites for hydroxylation is 1. The van der Waals surface area contributed by atoms with Gasteiger partial charge in [-0.1, -0.05) is 30.3 Å². The first-order valence-corrected chi connectivity index (χ1v) is 9.61. The van der Waals surface area contributed by atoms with Crippen molar-refractivity contribution < 1.29 is 9.47 Å². The highest BCUT2D eigenvalue weighted by Crippen LogP contribution is 2.31. The molecule has 0 saturated carbocycles. The quantitative estimate of drug-likeness (QED) is 0.358. The maximum Gasteiger partial charge on any atom is 0.191 e. The van der Waals surface area contributed by atoms with Crippen molar-refractivity contribution in [3.05, 3.63) is 59.2 Å². The Morgan fingerprint density at radius 1 is 1.25 bits per heavy atom. The molecule has 1 aliphatic rings. The standard InChI is InChI=1S/C22H29N3O2.HI/c1-4-23-22(24-13-11-17-10-9-16(2)21(15-17)26-3)25-19-12-14-27-20-8-6-5-7-18(19)20;/h5-10,15,19H,4,11-14H2,1-3H3,(H2,23,24,25);1H. The molecular formula is C22H30IN3O2. The summed E-state index contributed by atoms with van der Waals surface area (Å²) >= 11 is 0. The first-order valence-electron chi connectivity index (χ1n) is 9.61. The molecule has 0 aromatic heterocycles. The van der Waals surface area contributed by atoms with E-state index in [4.69, 9.17) is 14.5 Å². The second-order valence-electron chi connectivity index (χ2n) is 6.69. The third-order valence-corrected chi connectivity index (χ3v) is 4.76. The lowest BCUT2D eigenvalue weighted by atomic mass is 10.0. The molecule has 0 spiro atoms. The van der Waals surface area contributed by atoms with E-state index in [1.54, 1.807) is 7.11 Å². The molecule has 1 aliphatic heterocycles. The van der Waals surface area contributed by atoms with Gasteiger partial charge in [0, 0.05) is 25.1 Å². The number of benzene rings is 2. The predicted molar refractivity (Wildman–Crippen MR) is 125 cm³/mol. The molecule has 5 nitrogen and oxygen atoms in total. The van der Waals surface area contributed by atoms with E-state index in [-0.39, 0.29) is 30.0 Å². The first kappa shape index (κ1) is 22.3. The van der Waals surface area contributed by atoms with Crippen LogP contribution in [0.15, 0.2) is 47.5 Å². The van der Waals surface area contributed by atoms with E-state index < -0.39 is 0 Å². The number of nitrogens with one attached hydrogen (secondary N) is 2. The molecular weight excluding hydrogens is 465 g/mol. The van der Waals surface area contributed by atoms with Crippen LogP contribution in [0.25, 0.3) is 0 Å². The van der Waals surface area contributed by atoms with E-state index in [9.17, 15) is 0 Å². The molecule has 0 fully saturated rings. The number of hydrogen-bond acceptors (Lipinski definition) is 3. The molecule has 0 amide bonds. The molecule has 3 rings (SSSR count). The van der Waals surface area contributed by atoms with Crippen molar-refractivity contribution >= 4 is 29.9 Å². The highest BCUT2D eigenvalue weighted by molar-refractivity contribution is 14.0. The average molecular weight is 495 g/mol. The minimum absolute atomic E-state index is 0. The Morgan fingerprint density at radius 2 is 2.07 bits per heavy atom. The molecule has 0 radical (unpaired) electrons. The molecule has 0 saturated heterocycles. The molecule has 1 atom stereocenters. The maximum atomic E-state index is 5.75. The fourth-order valence-corrected chi connectivity index (χ4v) is 3.29. The Morgan fingerprint density at radius 3 is 2.86 bits per heavy atom. The number of fused-ring (bicyclic) bond motifs is 1. The monoisotopic (exact) mass is 495 g/mol. The van der Waals surface area contributed by atoms with Gasteiger partial charge >= 0.3 is 0 Å². The van der Waals surface area contributed by atoms with Crippen LogP contribution < -0.4 is 20.1 Å². The summed E-state index contributed by atoms with van der Waals surface area (Å²) in [6.07, 6.45) is 1.80. The summed E-state index contributed by atoms with van der Waals surface area (Å²) in [7, 11) is 1.71. The number of ether oxygens (including phenoxy) is 2.